The molecular formula is C6H16N2O. The topological polar surface area (TPSA) is 38.0 Å². The zero-order valence-electron chi connectivity index (χ0n) is 6.39. The van der Waals surface area contributed by atoms with Crippen LogP contribution in [0.5, 0.6) is 0 Å². The van der Waals surface area contributed by atoms with Crippen molar-refractivity contribution in [3.8, 4) is 0 Å². The van der Waals surface area contributed by atoms with E-state index < -0.39 is 0 Å². The van der Waals surface area contributed by atoms with Crippen molar-refractivity contribution in [3.63, 3.8) is 0 Å². The number of likely N-dealkylation sites (N-methyl/N-ethyl adjacent to an activating group) is 2. The molecule has 3 heteroatoms. The summed E-state index contributed by atoms with van der Waals surface area (Å²) in [5.41, 5.74) is 0. The fraction of sp³-hybridized carbons (Fsp3) is 1.00. The van der Waals surface area contributed by atoms with E-state index >= 15 is 0 Å². The zero-order valence-corrected chi connectivity index (χ0v) is 6.39. The molecule has 1 rings (SSSR count). The van der Waals surface area contributed by atoms with Crippen molar-refractivity contribution in [2.75, 3.05) is 27.2 Å². The molecule has 9 heavy (non-hydrogen) atoms. The van der Waals surface area contributed by atoms with Crippen LogP contribution >= 0.6 is 0 Å². The maximum atomic E-state index is 2.35. The second-order valence-corrected chi connectivity index (χ2v) is 2.59. The largest absolute Gasteiger partial charge is 0.412 e. The first kappa shape index (κ1) is 8.88. The Morgan fingerprint density at radius 2 is 1.44 bits per heavy atom. The highest BCUT2D eigenvalue weighted by Gasteiger charge is 2.20. The van der Waals surface area contributed by atoms with Gasteiger partial charge < -0.3 is 5.48 Å². The van der Waals surface area contributed by atoms with Crippen molar-refractivity contribution in [1.82, 2.24) is 9.80 Å². The van der Waals surface area contributed by atoms with Crippen LogP contribution in [0.3, 0.4) is 0 Å². The van der Waals surface area contributed by atoms with Gasteiger partial charge in [0.15, 0.2) is 0 Å². The second kappa shape index (κ2) is 3.15. The van der Waals surface area contributed by atoms with Crippen LogP contribution in [0.25, 0.3) is 0 Å². The molecule has 0 aliphatic carbocycles. The van der Waals surface area contributed by atoms with E-state index in [1.807, 2.05) is 0 Å². The van der Waals surface area contributed by atoms with Crippen LogP contribution in [0, 0.1) is 0 Å². The molecule has 0 unspecified atom stereocenters. The first-order valence-electron chi connectivity index (χ1n) is 3.12. The van der Waals surface area contributed by atoms with Crippen LogP contribution in [0.1, 0.15) is 6.92 Å². The molecule has 2 N–H and O–H groups in total. The Balaban J connectivity index is 0.000000640. The molecule has 1 fully saturated rings. The van der Waals surface area contributed by atoms with Crippen LogP contribution in [0.2, 0.25) is 0 Å². The Morgan fingerprint density at radius 1 is 1.11 bits per heavy atom. The summed E-state index contributed by atoms with van der Waals surface area (Å²) in [4.78, 5) is 4.69. The van der Waals surface area contributed by atoms with E-state index in [0.717, 1.165) is 0 Å². The molecule has 0 spiro atoms. The average Bonchev–Trinajstić information content (AvgIpc) is 1.98. The monoisotopic (exact) mass is 132 g/mol. The maximum absolute atomic E-state index is 2.35. The minimum Gasteiger partial charge on any atom is -0.412 e. The van der Waals surface area contributed by atoms with Gasteiger partial charge in [-0.25, -0.2) is 0 Å². The molecule has 56 valence electrons. The molecule has 0 saturated carbocycles. The van der Waals surface area contributed by atoms with E-state index in [2.05, 4.69) is 30.8 Å². The molecule has 0 aromatic heterocycles. The van der Waals surface area contributed by atoms with Crippen LogP contribution in [0.4, 0.5) is 0 Å². The molecule has 0 atom stereocenters. The van der Waals surface area contributed by atoms with Crippen molar-refractivity contribution in [2.45, 2.75) is 13.1 Å². The lowest BCUT2D eigenvalue weighted by atomic mass is 10.5. The standard InChI is InChI=1S/C6H14N2.H2O/c1-6-7(2)4-5-8(6)3;/h6H,4-5H2,1-3H3;1H2. The fourth-order valence-corrected chi connectivity index (χ4v) is 1.03. The third-order valence-corrected chi connectivity index (χ3v) is 2.08. The third kappa shape index (κ3) is 1.64. The van der Waals surface area contributed by atoms with Crippen molar-refractivity contribution >= 4 is 0 Å². The van der Waals surface area contributed by atoms with Crippen LogP contribution in [-0.4, -0.2) is 48.6 Å². The highest BCUT2D eigenvalue weighted by Crippen LogP contribution is 2.06. The quantitative estimate of drug-likeness (QED) is 0.441. The predicted molar refractivity (Wildman–Crippen MR) is 38.3 cm³/mol. The Bertz CT molecular complexity index is 77.1. The Morgan fingerprint density at radius 3 is 1.56 bits per heavy atom. The van der Waals surface area contributed by atoms with E-state index in [1.54, 1.807) is 0 Å². The summed E-state index contributed by atoms with van der Waals surface area (Å²) < 4.78 is 0. The van der Waals surface area contributed by atoms with Crippen LogP contribution in [-0.2, 0) is 0 Å². The summed E-state index contributed by atoms with van der Waals surface area (Å²) >= 11 is 0. The highest BCUT2D eigenvalue weighted by atomic mass is 16.0. The molecule has 0 radical (unpaired) electrons. The first-order chi connectivity index (χ1) is 3.72. The molecule has 0 aromatic carbocycles. The van der Waals surface area contributed by atoms with Crippen molar-refractivity contribution in [1.29, 1.82) is 0 Å². The third-order valence-electron chi connectivity index (χ3n) is 2.08. The van der Waals surface area contributed by atoms with E-state index in [9.17, 15) is 0 Å². The lowest BCUT2D eigenvalue weighted by Gasteiger charge is -2.19. The molecule has 0 aromatic rings. The summed E-state index contributed by atoms with van der Waals surface area (Å²) in [5.74, 6) is 0. The Hall–Kier alpha value is -0.120. The van der Waals surface area contributed by atoms with Gasteiger partial charge in [-0.3, -0.25) is 9.80 Å². The number of nitrogens with zero attached hydrogens (tertiary/aromatic N) is 2. The normalized spacial score (nSPS) is 24.3. The average molecular weight is 132 g/mol. The number of rotatable bonds is 0. The summed E-state index contributed by atoms with van der Waals surface area (Å²) in [6.07, 6.45) is 0.648. The van der Waals surface area contributed by atoms with E-state index in [0.29, 0.717) is 6.17 Å². The van der Waals surface area contributed by atoms with Crippen molar-refractivity contribution in [2.24, 2.45) is 0 Å². The van der Waals surface area contributed by atoms with Crippen LogP contribution < -0.4 is 0 Å². The lowest BCUT2D eigenvalue weighted by molar-refractivity contribution is 0.208. The first-order valence-corrected chi connectivity index (χ1v) is 3.12. The van der Waals surface area contributed by atoms with E-state index in [-0.39, 0.29) is 5.48 Å². The van der Waals surface area contributed by atoms with E-state index in [4.69, 9.17) is 0 Å². The van der Waals surface area contributed by atoms with Gasteiger partial charge in [-0.2, -0.15) is 0 Å². The predicted octanol–water partition coefficient (Wildman–Crippen LogP) is -0.615. The number of hydrogen-bond donors (Lipinski definition) is 0. The van der Waals surface area contributed by atoms with Gasteiger partial charge in [-0.1, -0.05) is 0 Å². The zero-order chi connectivity index (χ0) is 6.15. The summed E-state index contributed by atoms with van der Waals surface area (Å²) in [6.45, 7) is 4.67. The smallest absolute Gasteiger partial charge is 0.0589 e. The van der Waals surface area contributed by atoms with Crippen molar-refractivity contribution in [3.05, 3.63) is 0 Å². The van der Waals surface area contributed by atoms with Gasteiger partial charge in [0, 0.05) is 13.1 Å². The minimum atomic E-state index is 0. The molecule has 1 heterocycles. The molecule has 1 aliphatic heterocycles. The van der Waals surface area contributed by atoms with E-state index in [1.165, 1.54) is 13.1 Å². The number of hydrogen-bond acceptors (Lipinski definition) is 2. The SMILES string of the molecule is CC1N(C)CCN1C.O. The van der Waals surface area contributed by atoms with Gasteiger partial charge >= 0.3 is 0 Å². The van der Waals surface area contributed by atoms with Crippen LogP contribution in [0.15, 0.2) is 0 Å². The van der Waals surface area contributed by atoms with Gasteiger partial charge in [0.25, 0.3) is 0 Å². The molecule has 1 aliphatic rings. The van der Waals surface area contributed by atoms with Gasteiger partial charge in [0.05, 0.1) is 6.17 Å². The van der Waals surface area contributed by atoms with Gasteiger partial charge in [-0.15, -0.1) is 0 Å². The molecule has 3 nitrogen and oxygen atoms in total. The summed E-state index contributed by atoms with van der Waals surface area (Å²) in [6, 6.07) is 0. The minimum absolute atomic E-state index is 0. The summed E-state index contributed by atoms with van der Waals surface area (Å²) in [5, 5.41) is 0. The van der Waals surface area contributed by atoms with Gasteiger partial charge in [0.1, 0.15) is 0 Å². The molecule has 0 amide bonds. The molecular weight excluding hydrogens is 116 g/mol. The molecule has 1 saturated heterocycles. The van der Waals surface area contributed by atoms with Crippen molar-refractivity contribution < 1.29 is 5.48 Å². The highest BCUT2D eigenvalue weighted by molar-refractivity contribution is 4.71. The molecule has 0 bridgehead atoms. The summed E-state index contributed by atoms with van der Waals surface area (Å²) in [7, 11) is 4.32. The fourth-order valence-electron chi connectivity index (χ4n) is 1.03. The second-order valence-electron chi connectivity index (χ2n) is 2.59. The maximum Gasteiger partial charge on any atom is 0.0589 e. The Labute approximate surface area is 56.6 Å². The Kier molecular flexibility index (Phi) is 3.11. The lowest BCUT2D eigenvalue weighted by Crippen LogP contribution is -2.30. The van der Waals surface area contributed by atoms with Gasteiger partial charge in [0.2, 0.25) is 0 Å². The van der Waals surface area contributed by atoms with Gasteiger partial charge in [-0.05, 0) is 21.0 Å².